The van der Waals surface area contributed by atoms with Crippen molar-refractivity contribution in [1.82, 2.24) is 15.2 Å². The van der Waals surface area contributed by atoms with E-state index in [4.69, 9.17) is 4.74 Å². The van der Waals surface area contributed by atoms with Crippen molar-refractivity contribution < 1.29 is 14.3 Å². The van der Waals surface area contributed by atoms with Crippen LogP contribution in [-0.2, 0) is 17.8 Å². The molecule has 5 rings (SSSR count). The second-order valence-electron chi connectivity index (χ2n) is 9.01. The third-order valence-corrected chi connectivity index (χ3v) is 7.22. The molecule has 1 aliphatic heterocycles. The molecule has 0 radical (unpaired) electrons. The number of thiazole rings is 1. The Balaban J connectivity index is 1.41. The van der Waals surface area contributed by atoms with E-state index >= 15 is 0 Å². The first kappa shape index (κ1) is 22.6. The predicted octanol–water partition coefficient (Wildman–Crippen LogP) is 4.66. The molecule has 1 aromatic heterocycles. The number of carbonyl (C=O) groups is 2. The Hall–Kier alpha value is -3.19. The summed E-state index contributed by atoms with van der Waals surface area (Å²) in [5.41, 5.74) is 5.13. The SMILES string of the molecule is CCNC(=O)c1csc(COc2ccc3c(c2)[C@@H](c2cccc(C)c2)N(C(=O)C2CC2)CC3)n1. The topological polar surface area (TPSA) is 71.5 Å². The van der Waals surface area contributed by atoms with Crippen LogP contribution in [-0.4, -0.2) is 34.8 Å². The van der Waals surface area contributed by atoms with Crippen molar-refractivity contribution in [3.8, 4) is 5.75 Å². The van der Waals surface area contributed by atoms with Crippen LogP contribution >= 0.6 is 11.3 Å². The number of nitrogens with zero attached hydrogens (tertiary/aromatic N) is 2. The van der Waals surface area contributed by atoms with Crippen molar-refractivity contribution in [3.05, 3.63) is 80.8 Å². The molecule has 2 aliphatic rings. The molecular weight excluding hydrogens is 446 g/mol. The summed E-state index contributed by atoms with van der Waals surface area (Å²) in [6.45, 7) is 5.57. The van der Waals surface area contributed by atoms with Gasteiger partial charge in [0.25, 0.3) is 5.91 Å². The molecule has 2 amide bonds. The van der Waals surface area contributed by atoms with Gasteiger partial charge in [-0.25, -0.2) is 4.98 Å². The zero-order chi connectivity index (χ0) is 23.7. The summed E-state index contributed by atoms with van der Waals surface area (Å²) in [5, 5.41) is 5.27. The Kier molecular flexibility index (Phi) is 6.37. The molecule has 176 valence electrons. The number of hydrogen-bond donors (Lipinski definition) is 1. The minimum Gasteiger partial charge on any atom is -0.486 e. The summed E-state index contributed by atoms with van der Waals surface area (Å²) >= 11 is 1.42. The fourth-order valence-electron chi connectivity index (χ4n) is 4.56. The summed E-state index contributed by atoms with van der Waals surface area (Å²) < 4.78 is 6.09. The summed E-state index contributed by atoms with van der Waals surface area (Å²) in [6, 6.07) is 14.5. The standard InChI is InChI=1S/C27H29N3O3S/c1-3-28-26(31)23-16-34-24(29-23)15-33-21-10-9-18-11-12-30(27(32)19-7-8-19)25(22(18)14-21)20-6-4-5-17(2)13-20/h4-6,9-10,13-14,16,19,25H,3,7-8,11-12,15H2,1-2H3,(H,28,31)/t25-/m1/s1. The van der Waals surface area contributed by atoms with Crippen molar-refractivity contribution in [2.75, 3.05) is 13.1 Å². The molecule has 1 saturated carbocycles. The molecule has 0 spiro atoms. The summed E-state index contributed by atoms with van der Waals surface area (Å²) in [5.74, 6) is 1.02. The van der Waals surface area contributed by atoms with E-state index in [1.807, 2.05) is 13.0 Å². The van der Waals surface area contributed by atoms with Gasteiger partial charge >= 0.3 is 0 Å². The Morgan fingerprint density at radius 1 is 1.21 bits per heavy atom. The van der Waals surface area contributed by atoms with E-state index in [0.29, 0.717) is 18.8 Å². The van der Waals surface area contributed by atoms with Crippen LogP contribution in [0.5, 0.6) is 5.75 Å². The zero-order valence-corrected chi connectivity index (χ0v) is 20.4. The lowest BCUT2D eigenvalue weighted by molar-refractivity contribution is -0.134. The molecular formula is C27H29N3O3S. The quantitative estimate of drug-likeness (QED) is 0.539. The van der Waals surface area contributed by atoms with Crippen LogP contribution in [0.25, 0.3) is 0 Å². The van der Waals surface area contributed by atoms with Crippen molar-refractivity contribution in [1.29, 1.82) is 0 Å². The van der Waals surface area contributed by atoms with Gasteiger partial charge in [0.2, 0.25) is 5.91 Å². The monoisotopic (exact) mass is 475 g/mol. The molecule has 3 aromatic rings. The smallest absolute Gasteiger partial charge is 0.270 e. The van der Waals surface area contributed by atoms with Crippen LogP contribution in [0.15, 0.2) is 47.8 Å². The minimum atomic E-state index is -0.166. The van der Waals surface area contributed by atoms with Gasteiger partial charge in [-0.2, -0.15) is 0 Å². The van der Waals surface area contributed by atoms with Gasteiger partial charge in [0.1, 0.15) is 23.1 Å². The number of rotatable bonds is 7. The highest BCUT2D eigenvalue weighted by Gasteiger charge is 2.39. The molecule has 1 N–H and O–H groups in total. The average molecular weight is 476 g/mol. The first-order valence-electron chi connectivity index (χ1n) is 11.9. The highest BCUT2D eigenvalue weighted by atomic mass is 32.1. The average Bonchev–Trinajstić information content (AvgIpc) is 3.58. The fourth-order valence-corrected chi connectivity index (χ4v) is 5.25. The summed E-state index contributed by atoms with van der Waals surface area (Å²) in [6.07, 6.45) is 2.84. The first-order chi connectivity index (χ1) is 16.5. The summed E-state index contributed by atoms with van der Waals surface area (Å²) in [4.78, 5) is 31.6. The molecule has 2 heterocycles. The molecule has 34 heavy (non-hydrogen) atoms. The van der Waals surface area contributed by atoms with Gasteiger partial charge in [-0.05, 0) is 61.9 Å². The van der Waals surface area contributed by atoms with E-state index < -0.39 is 0 Å². The number of nitrogens with one attached hydrogen (secondary N) is 1. The van der Waals surface area contributed by atoms with Crippen LogP contribution in [0.2, 0.25) is 0 Å². The molecule has 0 unspecified atom stereocenters. The van der Waals surface area contributed by atoms with E-state index in [2.05, 4.69) is 58.5 Å². The number of amides is 2. The van der Waals surface area contributed by atoms with Crippen LogP contribution in [0.4, 0.5) is 0 Å². The van der Waals surface area contributed by atoms with Crippen LogP contribution in [0, 0.1) is 12.8 Å². The van der Waals surface area contributed by atoms with E-state index in [1.54, 1.807) is 5.38 Å². The Bertz CT molecular complexity index is 1220. The maximum Gasteiger partial charge on any atom is 0.270 e. The van der Waals surface area contributed by atoms with E-state index in [0.717, 1.165) is 47.7 Å². The lowest BCUT2D eigenvalue weighted by Crippen LogP contribution is -2.41. The molecule has 7 heteroatoms. The van der Waals surface area contributed by atoms with E-state index in [-0.39, 0.29) is 23.8 Å². The van der Waals surface area contributed by atoms with Gasteiger partial charge in [-0.15, -0.1) is 11.3 Å². The second kappa shape index (κ2) is 9.58. The van der Waals surface area contributed by atoms with Crippen molar-refractivity contribution in [2.24, 2.45) is 5.92 Å². The molecule has 1 fully saturated rings. The predicted molar refractivity (Wildman–Crippen MR) is 132 cm³/mol. The summed E-state index contributed by atoms with van der Waals surface area (Å²) in [7, 11) is 0. The number of fused-ring (bicyclic) bond motifs is 1. The lowest BCUT2D eigenvalue weighted by Gasteiger charge is -2.38. The molecule has 0 bridgehead atoms. The highest BCUT2D eigenvalue weighted by molar-refractivity contribution is 7.09. The Morgan fingerprint density at radius 2 is 2.06 bits per heavy atom. The Labute approximate surface area is 204 Å². The first-order valence-corrected chi connectivity index (χ1v) is 12.8. The molecule has 6 nitrogen and oxygen atoms in total. The zero-order valence-electron chi connectivity index (χ0n) is 19.5. The number of ether oxygens (including phenoxy) is 1. The van der Waals surface area contributed by atoms with Gasteiger partial charge in [0, 0.05) is 24.4 Å². The van der Waals surface area contributed by atoms with Crippen LogP contribution in [0.1, 0.15) is 63.6 Å². The number of benzene rings is 2. The van der Waals surface area contributed by atoms with Crippen LogP contribution < -0.4 is 10.1 Å². The van der Waals surface area contributed by atoms with Crippen molar-refractivity contribution in [3.63, 3.8) is 0 Å². The van der Waals surface area contributed by atoms with E-state index in [1.165, 1.54) is 22.5 Å². The van der Waals surface area contributed by atoms with Gasteiger partial charge in [0.05, 0.1) is 6.04 Å². The number of aromatic nitrogens is 1. The molecule has 1 atom stereocenters. The third kappa shape index (κ3) is 4.71. The second-order valence-corrected chi connectivity index (χ2v) is 9.95. The van der Waals surface area contributed by atoms with Crippen molar-refractivity contribution in [2.45, 2.75) is 45.8 Å². The van der Waals surface area contributed by atoms with Gasteiger partial charge in [0.15, 0.2) is 0 Å². The maximum absolute atomic E-state index is 13.2. The Morgan fingerprint density at radius 3 is 2.82 bits per heavy atom. The van der Waals surface area contributed by atoms with E-state index in [9.17, 15) is 9.59 Å². The van der Waals surface area contributed by atoms with Crippen LogP contribution in [0.3, 0.4) is 0 Å². The lowest BCUT2D eigenvalue weighted by atomic mass is 9.87. The third-order valence-electron chi connectivity index (χ3n) is 6.40. The van der Waals surface area contributed by atoms with Gasteiger partial charge in [-0.3, -0.25) is 9.59 Å². The molecule has 1 aliphatic carbocycles. The number of hydrogen-bond acceptors (Lipinski definition) is 5. The molecule has 2 aromatic carbocycles. The largest absolute Gasteiger partial charge is 0.486 e. The van der Waals surface area contributed by atoms with Crippen molar-refractivity contribution >= 4 is 23.2 Å². The normalized spacial score (nSPS) is 17.2. The number of aryl methyl sites for hydroxylation is 1. The minimum absolute atomic E-state index is 0.107. The van der Waals surface area contributed by atoms with Gasteiger partial charge in [-0.1, -0.05) is 35.9 Å². The fraction of sp³-hybridized carbons (Fsp3) is 0.370. The highest BCUT2D eigenvalue weighted by Crippen LogP contribution is 2.41. The van der Waals surface area contributed by atoms with Gasteiger partial charge < -0.3 is 15.0 Å². The maximum atomic E-state index is 13.2. The molecule has 0 saturated heterocycles. The number of carbonyl (C=O) groups excluding carboxylic acids is 2.